The molecule has 0 saturated carbocycles. The van der Waals surface area contributed by atoms with Crippen LogP contribution in [0, 0.1) is 27.4 Å². The minimum absolute atomic E-state index is 0.0840. The molecule has 0 atom stereocenters. The van der Waals surface area contributed by atoms with E-state index in [1.807, 2.05) is 22.6 Å². The lowest BCUT2D eigenvalue weighted by Crippen LogP contribution is -2.52. The molecule has 0 unspecified atom stereocenters. The summed E-state index contributed by atoms with van der Waals surface area (Å²) < 4.78 is 21.2. The molecule has 344 valence electrons. The number of aryl methyl sites for hydroxylation is 1. The van der Waals surface area contributed by atoms with Crippen LogP contribution in [0.25, 0.3) is 43.9 Å². The van der Waals surface area contributed by atoms with Crippen molar-refractivity contribution in [1.82, 2.24) is 10.2 Å². The van der Waals surface area contributed by atoms with Crippen LogP contribution in [0.4, 0.5) is 17.1 Å². The van der Waals surface area contributed by atoms with Crippen LogP contribution in [0.1, 0.15) is 12.0 Å². The minimum Gasteiger partial charge on any atom is -0.507 e. The molecule has 4 aromatic carbocycles. The van der Waals surface area contributed by atoms with Crippen LogP contribution in [0.15, 0.2) is 134 Å². The van der Waals surface area contributed by atoms with Gasteiger partial charge in [-0.05, 0) is 119 Å². The van der Waals surface area contributed by atoms with E-state index in [0.29, 0.717) is 37.8 Å². The van der Waals surface area contributed by atoms with Crippen molar-refractivity contribution in [3.8, 4) is 11.5 Å². The average Bonchev–Trinajstić information content (AvgIpc) is 3.29. The number of hydrogen-bond acceptors (Lipinski definition) is 19. The van der Waals surface area contributed by atoms with Gasteiger partial charge in [-0.3, -0.25) is 50.7 Å². The van der Waals surface area contributed by atoms with Gasteiger partial charge in [-0.2, -0.15) is 0 Å². The first-order chi connectivity index (χ1) is 32.0. The number of halogens is 2. The molecule has 67 heavy (non-hydrogen) atoms. The lowest BCUT2D eigenvalue weighted by Gasteiger charge is -2.25. The van der Waals surface area contributed by atoms with Crippen LogP contribution in [-0.4, -0.2) is 61.6 Å². The van der Waals surface area contributed by atoms with Gasteiger partial charge in [0.2, 0.25) is 17.6 Å². The highest BCUT2D eigenvalue weighted by atomic mass is 127. The number of amides is 2. The number of piperazine rings is 1. The van der Waals surface area contributed by atoms with Crippen molar-refractivity contribution in [2.75, 3.05) is 25.1 Å². The minimum atomic E-state index is -0.708. The van der Waals surface area contributed by atoms with E-state index in [4.69, 9.17) is 22.9 Å². The van der Waals surface area contributed by atoms with Gasteiger partial charge in [-0.15, -0.1) is 0 Å². The Morgan fingerprint density at radius 1 is 0.582 bits per heavy atom. The van der Waals surface area contributed by atoms with Crippen LogP contribution in [0.2, 0.25) is 0 Å². The first-order valence-corrected chi connectivity index (χ1v) is 21.3. The summed E-state index contributed by atoms with van der Waals surface area (Å²) in [6, 6.07) is 22.5. The Morgan fingerprint density at radius 3 is 1.54 bits per heavy atom. The number of nitrogens with one attached hydrogen (secondary N) is 2. The molecule has 1 aliphatic rings. The first-order valence-electron chi connectivity index (χ1n) is 19.2. The number of phenols is 2. The van der Waals surface area contributed by atoms with Gasteiger partial charge in [0.1, 0.15) is 28.1 Å². The quantitative estimate of drug-likeness (QED) is 0.0384. The number of phenolic OH excluding ortho intramolecular Hbond substituents is 2. The molecular weight excluding hydrogens is 1110 g/mol. The van der Waals surface area contributed by atoms with E-state index >= 15 is 0 Å². The van der Waals surface area contributed by atoms with E-state index in [0.717, 1.165) is 31.4 Å². The molecule has 0 spiro atoms. The maximum absolute atomic E-state index is 11.8. The molecule has 4 aromatic heterocycles. The number of nitro benzene ring substituents is 2. The topological polar surface area (TPSA) is 329 Å². The summed E-state index contributed by atoms with van der Waals surface area (Å²) in [5, 5.41) is 54.3. The Labute approximate surface area is 399 Å². The predicted octanol–water partition coefficient (Wildman–Crippen LogP) is 6.30. The van der Waals surface area contributed by atoms with Gasteiger partial charge in [0.05, 0.1) is 37.6 Å². The lowest BCUT2D eigenvalue weighted by atomic mass is 10.0. The number of anilines is 1. The number of rotatable bonds is 7. The zero-order chi connectivity index (χ0) is 48.5. The molecule has 2 amide bonds. The van der Waals surface area contributed by atoms with Crippen LogP contribution in [0.3, 0.4) is 0 Å². The molecule has 5 N–H and O–H groups in total. The normalized spacial score (nSPS) is 12.1. The van der Waals surface area contributed by atoms with E-state index in [1.165, 1.54) is 54.6 Å². The van der Waals surface area contributed by atoms with Crippen LogP contribution < -0.4 is 33.3 Å². The lowest BCUT2D eigenvalue weighted by molar-refractivity contribution is -0.385. The van der Waals surface area contributed by atoms with Gasteiger partial charge in [0.25, 0.3) is 5.69 Å². The molecule has 1 saturated heterocycles. The third kappa shape index (κ3) is 11.6. The maximum Gasteiger partial charge on any atom is 0.336 e. The van der Waals surface area contributed by atoms with Crippen molar-refractivity contribution < 1.29 is 52.5 Å². The van der Waals surface area contributed by atoms with Gasteiger partial charge < -0.3 is 27.9 Å². The molecule has 22 nitrogen and oxygen atoms in total. The molecule has 5 heterocycles. The van der Waals surface area contributed by atoms with Crippen molar-refractivity contribution in [3.63, 3.8) is 0 Å². The molecule has 8 aromatic rings. The van der Waals surface area contributed by atoms with E-state index in [1.54, 1.807) is 30.3 Å². The van der Waals surface area contributed by atoms with Crippen molar-refractivity contribution in [2.45, 2.75) is 12.8 Å². The highest BCUT2D eigenvalue weighted by molar-refractivity contribution is 14.1. The summed E-state index contributed by atoms with van der Waals surface area (Å²) in [4.78, 5) is 89.2. The SMILES string of the molecule is O=C1CNCC(=O)N1CCCc1c([N+](=O)[O-])ccc2oc(=O)ccc12.O=c1ccc2c(I)c(NO)ccc2o1.O=c1ccc2c(I)c(O)ccc2o1.O=c1ccc2c(O)c([N+](=O)[O-])ccc2o1. The number of benzene rings is 4. The van der Waals surface area contributed by atoms with Crippen LogP contribution >= 0.6 is 45.2 Å². The Bertz CT molecular complexity index is 3460. The van der Waals surface area contributed by atoms with Crippen LogP contribution in [-0.2, 0) is 16.0 Å². The summed E-state index contributed by atoms with van der Waals surface area (Å²) in [5.41, 5.74) is 2.10. The second-order valence-corrected chi connectivity index (χ2v) is 15.9. The number of carbonyl (C=O) groups excluding carboxylic acids is 2. The fourth-order valence-corrected chi connectivity index (χ4v) is 7.84. The maximum atomic E-state index is 11.8. The molecule has 0 bridgehead atoms. The van der Waals surface area contributed by atoms with Crippen molar-refractivity contribution in [1.29, 1.82) is 0 Å². The fraction of sp³-hybridized carbons (Fsp3) is 0.116. The molecule has 9 rings (SSSR count). The molecule has 24 heteroatoms. The molecule has 1 aliphatic heterocycles. The number of fused-ring (bicyclic) bond motifs is 4. The predicted molar refractivity (Wildman–Crippen MR) is 255 cm³/mol. The summed E-state index contributed by atoms with van der Waals surface area (Å²) in [7, 11) is 0. The van der Waals surface area contributed by atoms with Crippen LogP contribution in [0.5, 0.6) is 11.5 Å². The number of imide groups is 1. The zero-order valence-electron chi connectivity index (χ0n) is 33.9. The van der Waals surface area contributed by atoms with Gasteiger partial charge in [-0.25, -0.2) is 19.2 Å². The summed E-state index contributed by atoms with van der Waals surface area (Å²) >= 11 is 4.07. The Hall–Kier alpha value is -7.56. The molecule has 0 radical (unpaired) electrons. The Kier molecular flexibility index (Phi) is 15.8. The first kappa shape index (κ1) is 48.9. The van der Waals surface area contributed by atoms with Gasteiger partial charge in [0.15, 0.2) is 0 Å². The average molecular weight is 1140 g/mol. The van der Waals surface area contributed by atoms with Gasteiger partial charge >= 0.3 is 28.2 Å². The third-order valence-electron chi connectivity index (χ3n) is 9.57. The highest BCUT2D eigenvalue weighted by Crippen LogP contribution is 2.33. The third-order valence-corrected chi connectivity index (χ3v) is 11.9. The summed E-state index contributed by atoms with van der Waals surface area (Å²) in [5.74, 6) is -0.924. The number of carbonyl (C=O) groups is 2. The molecule has 1 fully saturated rings. The number of hydrogen-bond donors (Lipinski definition) is 5. The second-order valence-electron chi connectivity index (χ2n) is 13.8. The van der Waals surface area contributed by atoms with E-state index < -0.39 is 32.5 Å². The van der Waals surface area contributed by atoms with Crippen molar-refractivity contribution in [3.05, 3.63) is 172 Å². The van der Waals surface area contributed by atoms with E-state index in [9.17, 15) is 59.2 Å². The second kappa shape index (κ2) is 21.6. The number of nitro groups is 2. The zero-order valence-corrected chi connectivity index (χ0v) is 38.2. The summed E-state index contributed by atoms with van der Waals surface area (Å²) in [6.45, 7) is 0.389. The number of aromatic hydroxyl groups is 2. The molecule has 0 aliphatic carbocycles. The van der Waals surface area contributed by atoms with Crippen molar-refractivity contribution in [2.24, 2.45) is 0 Å². The van der Waals surface area contributed by atoms with E-state index in [2.05, 4.69) is 33.4 Å². The Morgan fingerprint density at radius 2 is 1.01 bits per heavy atom. The largest absolute Gasteiger partial charge is 0.507 e. The molecular formula is C43H31I2N5O17. The highest BCUT2D eigenvalue weighted by Gasteiger charge is 2.26. The van der Waals surface area contributed by atoms with E-state index in [-0.39, 0.29) is 77.1 Å². The Balaban J connectivity index is 0.000000154. The summed E-state index contributed by atoms with van der Waals surface area (Å²) in [6.07, 6.45) is 0.641. The smallest absolute Gasteiger partial charge is 0.336 e. The number of nitrogens with zero attached hydrogens (tertiary/aromatic N) is 3. The van der Waals surface area contributed by atoms with Gasteiger partial charge in [-0.1, -0.05) is 0 Å². The fourth-order valence-electron chi connectivity index (χ4n) is 6.47. The van der Waals surface area contributed by atoms with Gasteiger partial charge in [0, 0.05) is 68.2 Å². The van der Waals surface area contributed by atoms with Crippen molar-refractivity contribution >= 4 is 118 Å². The standard InChI is InChI=1S/C16H15N3O6.C9H6INO3.C9H5IO3.C9H5NO5/c20-14-8-17-9-15(21)18(14)7-1-2-10-11-3-6-16(22)25-13(11)5-4-12(10)19(23)24;10-9-5-1-4-8(12)14-7(5)3-2-6(9)11-13;10-9-5-1-4-8(12)13-7(5)3-2-6(9)11;11-8-4-1-5-7(15-8)3-2-6(9(5)12)10(13)14/h3-6,17H,1-2,7-9H2;1-4,11,13H;1-4,11H;1-4,12H. The monoisotopic (exact) mass is 1140 g/mol.